The number of imide groups is 1. The van der Waals surface area contributed by atoms with Gasteiger partial charge in [0.2, 0.25) is 5.91 Å². The lowest BCUT2D eigenvalue weighted by molar-refractivity contribution is -0.118. The molecule has 0 bridgehead atoms. The Morgan fingerprint density at radius 3 is 2.47 bits per heavy atom. The quantitative estimate of drug-likeness (QED) is 0.589. The van der Waals surface area contributed by atoms with Gasteiger partial charge < -0.3 is 14.4 Å². The number of nitrogens with one attached hydrogen (secondary N) is 1. The summed E-state index contributed by atoms with van der Waals surface area (Å²) in [6, 6.07) is 12.1. The van der Waals surface area contributed by atoms with Crippen molar-refractivity contribution in [2.75, 3.05) is 32.7 Å². The number of likely N-dealkylation sites (tertiary alicyclic amines) is 1. The van der Waals surface area contributed by atoms with E-state index in [1.807, 2.05) is 18.2 Å². The molecule has 2 saturated heterocycles. The third kappa shape index (κ3) is 4.10. The molecular formula is C24H24ClFN4O2. The van der Waals surface area contributed by atoms with Crippen LogP contribution in [0, 0.1) is 5.82 Å². The first-order chi connectivity index (χ1) is 15.5. The molecule has 2 fully saturated rings. The van der Waals surface area contributed by atoms with Gasteiger partial charge in [-0.05, 0) is 79.9 Å². The molecule has 8 heteroatoms. The molecule has 3 heterocycles. The molecule has 3 aromatic rings. The summed E-state index contributed by atoms with van der Waals surface area (Å²) in [5, 5.41) is 4.15. The highest BCUT2D eigenvalue weighted by atomic mass is 35.5. The fraction of sp³-hybridized carbons (Fsp3) is 0.333. The van der Waals surface area contributed by atoms with Crippen LogP contribution in [0.2, 0.25) is 5.02 Å². The SMILES string of the molecule is O=C1CN(CCN2CCC(c3cn(-c4ccc(F)cc4)c4ccc(Cl)cc34)CC2)C(=O)N1. The normalized spacial score (nSPS) is 18.0. The van der Waals surface area contributed by atoms with Gasteiger partial charge in [-0.2, -0.15) is 0 Å². The molecule has 1 aromatic heterocycles. The minimum Gasteiger partial charge on any atom is -0.316 e. The maximum absolute atomic E-state index is 13.4. The van der Waals surface area contributed by atoms with Gasteiger partial charge in [0.1, 0.15) is 12.4 Å². The average molecular weight is 455 g/mol. The lowest BCUT2D eigenvalue weighted by Crippen LogP contribution is -2.40. The van der Waals surface area contributed by atoms with Crippen molar-refractivity contribution in [1.82, 2.24) is 19.7 Å². The fourth-order valence-corrected chi connectivity index (χ4v) is 4.93. The third-order valence-corrected chi connectivity index (χ3v) is 6.72. The standard InChI is InChI=1S/C24H24ClFN4O2/c25-17-1-6-22-20(13-17)21(14-30(22)19-4-2-18(26)3-5-19)16-7-9-28(10-8-16)11-12-29-15-23(31)27-24(29)32/h1-6,13-14,16H,7-12,15H2,(H,27,31,32). The van der Waals surface area contributed by atoms with Crippen LogP contribution >= 0.6 is 11.6 Å². The van der Waals surface area contributed by atoms with E-state index in [4.69, 9.17) is 11.6 Å². The van der Waals surface area contributed by atoms with Crippen LogP contribution in [0.4, 0.5) is 9.18 Å². The van der Waals surface area contributed by atoms with E-state index >= 15 is 0 Å². The molecule has 0 unspecified atom stereocenters. The molecular weight excluding hydrogens is 431 g/mol. The first kappa shape index (κ1) is 21.0. The molecule has 6 nitrogen and oxygen atoms in total. The van der Waals surface area contributed by atoms with Crippen LogP contribution in [-0.4, -0.2) is 59.0 Å². The number of amides is 3. The summed E-state index contributed by atoms with van der Waals surface area (Å²) in [6.45, 7) is 3.33. The molecule has 2 aliphatic heterocycles. The van der Waals surface area contributed by atoms with Crippen LogP contribution in [0.1, 0.15) is 24.3 Å². The molecule has 1 N–H and O–H groups in total. The van der Waals surface area contributed by atoms with Gasteiger partial charge in [0.25, 0.3) is 0 Å². The number of piperidine rings is 1. The molecule has 3 amide bonds. The highest BCUT2D eigenvalue weighted by Gasteiger charge is 2.28. The number of urea groups is 1. The smallest absolute Gasteiger partial charge is 0.316 e. The van der Waals surface area contributed by atoms with Crippen molar-refractivity contribution >= 4 is 34.4 Å². The molecule has 2 aliphatic rings. The van der Waals surface area contributed by atoms with Gasteiger partial charge in [-0.15, -0.1) is 0 Å². The Kier molecular flexibility index (Phi) is 5.61. The van der Waals surface area contributed by atoms with Gasteiger partial charge in [0.05, 0.1) is 5.52 Å². The van der Waals surface area contributed by atoms with Crippen LogP contribution in [0.15, 0.2) is 48.7 Å². The maximum Gasteiger partial charge on any atom is 0.324 e. The Morgan fingerprint density at radius 1 is 1.03 bits per heavy atom. The van der Waals surface area contributed by atoms with Crippen LogP contribution < -0.4 is 5.32 Å². The zero-order valence-corrected chi connectivity index (χ0v) is 18.3. The molecule has 0 spiro atoms. The van der Waals surface area contributed by atoms with Crippen molar-refractivity contribution in [3.63, 3.8) is 0 Å². The van der Waals surface area contributed by atoms with E-state index in [0.29, 0.717) is 17.5 Å². The number of benzene rings is 2. The lowest BCUT2D eigenvalue weighted by Gasteiger charge is -2.32. The minimum atomic E-state index is -0.296. The summed E-state index contributed by atoms with van der Waals surface area (Å²) in [6.07, 6.45) is 4.16. The first-order valence-corrected chi connectivity index (χ1v) is 11.2. The molecule has 0 aliphatic carbocycles. The molecule has 2 aromatic carbocycles. The monoisotopic (exact) mass is 454 g/mol. The summed E-state index contributed by atoms with van der Waals surface area (Å²) in [5.41, 5.74) is 3.24. The molecule has 0 atom stereocenters. The number of halogens is 2. The first-order valence-electron chi connectivity index (χ1n) is 10.9. The van der Waals surface area contributed by atoms with Gasteiger partial charge in [-0.1, -0.05) is 11.6 Å². The highest BCUT2D eigenvalue weighted by Crippen LogP contribution is 2.37. The van der Waals surface area contributed by atoms with Gasteiger partial charge in [-0.3, -0.25) is 10.1 Å². The lowest BCUT2D eigenvalue weighted by atomic mass is 9.89. The largest absolute Gasteiger partial charge is 0.324 e. The number of rotatable bonds is 5. The van der Waals surface area contributed by atoms with Crippen molar-refractivity contribution < 1.29 is 14.0 Å². The van der Waals surface area contributed by atoms with E-state index < -0.39 is 0 Å². The topological polar surface area (TPSA) is 57.6 Å². The number of carbonyl (C=O) groups is 2. The van der Waals surface area contributed by atoms with Gasteiger partial charge in [-0.25, -0.2) is 9.18 Å². The zero-order valence-electron chi connectivity index (χ0n) is 17.6. The van der Waals surface area contributed by atoms with Crippen LogP contribution in [-0.2, 0) is 4.79 Å². The second-order valence-electron chi connectivity index (χ2n) is 8.48. The Balaban J connectivity index is 1.32. The molecule has 0 radical (unpaired) electrons. The van der Waals surface area contributed by atoms with Crippen molar-refractivity contribution in [2.45, 2.75) is 18.8 Å². The van der Waals surface area contributed by atoms with E-state index in [1.54, 1.807) is 17.0 Å². The molecule has 166 valence electrons. The van der Waals surface area contributed by atoms with Crippen LogP contribution in [0.3, 0.4) is 0 Å². The number of hydrogen-bond acceptors (Lipinski definition) is 3. The number of fused-ring (bicyclic) bond motifs is 1. The fourth-order valence-electron chi connectivity index (χ4n) is 4.76. The number of nitrogens with zero attached hydrogens (tertiary/aromatic N) is 3. The molecule has 5 rings (SSSR count). The average Bonchev–Trinajstić information content (AvgIpc) is 3.32. The summed E-state index contributed by atoms with van der Waals surface area (Å²) >= 11 is 6.33. The van der Waals surface area contributed by atoms with Gasteiger partial charge in [0.15, 0.2) is 0 Å². The van der Waals surface area contributed by atoms with Crippen LogP contribution in [0.5, 0.6) is 0 Å². The van der Waals surface area contributed by atoms with E-state index in [1.165, 1.54) is 17.7 Å². The van der Waals surface area contributed by atoms with Crippen molar-refractivity contribution in [3.8, 4) is 5.69 Å². The van der Waals surface area contributed by atoms with E-state index in [2.05, 4.69) is 21.0 Å². The summed E-state index contributed by atoms with van der Waals surface area (Å²) in [4.78, 5) is 27.0. The number of carbonyl (C=O) groups excluding carboxylic acids is 2. The van der Waals surface area contributed by atoms with Crippen LogP contribution in [0.25, 0.3) is 16.6 Å². The van der Waals surface area contributed by atoms with E-state index in [-0.39, 0.29) is 24.3 Å². The van der Waals surface area contributed by atoms with Gasteiger partial charge in [0, 0.05) is 35.4 Å². The van der Waals surface area contributed by atoms with E-state index in [9.17, 15) is 14.0 Å². The Hall–Kier alpha value is -2.90. The van der Waals surface area contributed by atoms with E-state index in [0.717, 1.165) is 49.1 Å². The Bertz CT molecular complexity index is 1170. The number of hydrogen-bond donors (Lipinski definition) is 1. The molecule has 0 saturated carbocycles. The molecule has 32 heavy (non-hydrogen) atoms. The van der Waals surface area contributed by atoms with Crippen molar-refractivity contribution in [2.24, 2.45) is 0 Å². The Morgan fingerprint density at radius 2 is 1.78 bits per heavy atom. The zero-order chi connectivity index (χ0) is 22.2. The van der Waals surface area contributed by atoms with Gasteiger partial charge >= 0.3 is 6.03 Å². The third-order valence-electron chi connectivity index (χ3n) is 6.48. The predicted octanol–water partition coefficient (Wildman–Crippen LogP) is 4.15. The highest BCUT2D eigenvalue weighted by molar-refractivity contribution is 6.31. The number of aromatic nitrogens is 1. The van der Waals surface area contributed by atoms with Crippen molar-refractivity contribution in [3.05, 3.63) is 65.1 Å². The Labute approximate surface area is 190 Å². The summed E-state index contributed by atoms with van der Waals surface area (Å²) < 4.78 is 15.5. The second-order valence-corrected chi connectivity index (χ2v) is 8.92. The second kappa shape index (κ2) is 8.56. The predicted molar refractivity (Wildman–Crippen MR) is 122 cm³/mol. The summed E-state index contributed by atoms with van der Waals surface area (Å²) in [7, 11) is 0. The van der Waals surface area contributed by atoms with Crippen molar-refractivity contribution in [1.29, 1.82) is 0 Å². The maximum atomic E-state index is 13.4. The summed E-state index contributed by atoms with van der Waals surface area (Å²) in [5.74, 6) is -0.0906. The minimum absolute atomic E-state index is 0.152.